The second-order valence-corrected chi connectivity index (χ2v) is 2.04. The lowest BCUT2D eigenvalue weighted by molar-refractivity contribution is -0.459. The molecule has 0 saturated heterocycles. The van der Waals surface area contributed by atoms with Gasteiger partial charge in [0.1, 0.15) is 14.1 Å². The average Bonchev–Trinajstić information content (AvgIpc) is 1.36. The van der Waals surface area contributed by atoms with Crippen molar-refractivity contribution in [1.29, 1.82) is 0 Å². The third-order valence-electron chi connectivity index (χ3n) is 0.338. The van der Waals surface area contributed by atoms with Gasteiger partial charge in [0.2, 0.25) is 0 Å². The number of hydrogen-bond acceptors (Lipinski definition) is 1. The zero-order chi connectivity index (χ0) is 5.15. The Kier molecular flexibility index (Phi) is 14.8. The van der Waals surface area contributed by atoms with Crippen LogP contribution in [-0.4, -0.2) is 23.3 Å². The molecule has 0 unspecified atom stereocenters. The summed E-state index contributed by atoms with van der Waals surface area (Å²) < 4.78 is 1.90. The minimum atomic E-state index is 0. The Morgan fingerprint density at radius 1 is 1.25 bits per heavy atom. The van der Waals surface area contributed by atoms with Crippen molar-refractivity contribution in [3.63, 3.8) is 0 Å². The molecule has 0 aliphatic carbocycles. The summed E-state index contributed by atoms with van der Waals surface area (Å²) in [5, 5.41) is 0. The van der Waals surface area contributed by atoms with Crippen molar-refractivity contribution < 1.29 is 4.58 Å². The number of rotatable bonds is 0. The fraction of sp³-hybridized carbons (Fsp3) is 0.667. The Labute approximate surface area is 65.5 Å². The highest BCUT2D eigenvalue weighted by Crippen LogP contribution is 1.85. The summed E-state index contributed by atoms with van der Waals surface area (Å²) in [6, 6.07) is 0. The van der Waals surface area contributed by atoms with E-state index in [1.54, 1.807) is 18.7 Å². The first-order valence-electron chi connectivity index (χ1n) is 1.50. The van der Waals surface area contributed by atoms with Gasteiger partial charge >= 0.3 is 4.63 Å². The molecule has 3 N–H and O–H groups in total. The van der Waals surface area contributed by atoms with E-state index >= 15 is 0 Å². The molecule has 8 heavy (non-hydrogen) atoms. The smallest absolute Gasteiger partial charge is 0.340 e. The van der Waals surface area contributed by atoms with E-state index in [2.05, 4.69) is 0 Å². The topological polar surface area (TPSA) is 38.0 Å². The molecule has 2 nitrogen and oxygen atoms in total. The molecule has 0 bridgehead atoms. The molecule has 0 amide bonds. The van der Waals surface area contributed by atoms with Gasteiger partial charge in [-0.05, 0) is 0 Å². The monoisotopic (exact) mass is 179 g/mol. The summed E-state index contributed by atoms with van der Waals surface area (Å²) in [7, 11) is 3.55. The zero-order valence-electron chi connectivity index (χ0n) is 4.82. The highest BCUT2D eigenvalue weighted by molar-refractivity contribution is 6.94. The van der Waals surface area contributed by atoms with Crippen molar-refractivity contribution in [2.45, 2.75) is 0 Å². The average molecular weight is 180 g/mol. The van der Waals surface area contributed by atoms with E-state index in [0.717, 1.165) is 0 Å². The van der Waals surface area contributed by atoms with E-state index < -0.39 is 0 Å². The van der Waals surface area contributed by atoms with E-state index in [1.807, 2.05) is 0 Å². The number of nitrogens with zero attached hydrogens (tertiary/aromatic N) is 1. The predicted molar refractivity (Wildman–Crippen MR) is 41.1 cm³/mol. The Hall–Kier alpha value is 0.500. The quantitative estimate of drug-likeness (QED) is 0.447. The number of hydrogen-bond donors (Lipinski definition) is 1. The molecular weight excluding hydrogens is 170 g/mol. The maximum Gasteiger partial charge on any atom is 0.340 e. The van der Waals surface area contributed by atoms with Gasteiger partial charge in [0.25, 0.3) is 0 Å². The van der Waals surface area contributed by atoms with E-state index in [9.17, 15) is 0 Å². The van der Waals surface area contributed by atoms with Crippen molar-refractivity contribution in [2.24, 2.45) is 0 Å². The Morgan fingerprint density at radius 3 is 1.38 bits per heavy atom. The van der Waals surface area contributed by atoms with Gasteiger partial charge in [-0.1, -0.05) is 0 Å². The lowest BCUT2D eigenvalue weighted by atomic mass is 11.1. The molecule has 0 fully saturated rings. The Bertz CT molecular complexity index is 62.6. The highest BCUT2D eigenvalue weighted by Gasteiger charge is 1.90. The maximum absolute atomic E-state index is 5.22. The molecule has 0 rings (SSSR count). The van der Waals surface area contributed by atoms with Gasteiger partial charge in [-0.15, -0.1) is 12.4 Å². The van der Waals surface area contributed by atoms with Crippen molar-refractivity contribution >= 4 is 40.2 Å². The van der Waals surface area contributed by atoms with Gasteiger partial charge in [-0.2, -0.15) is 0 Å². The van der Waals surface area contributed by atoms with Crippen molar-refractivity contribution in [3.8, 4) is 0 Å². The summed E-state index contributed by atoms with van der Waals surface area (Å²) >= 11 is 10.4. The van der Waals surface area contributed by atoms with Crippen LogP contribution in [0.3, 0.4) is 0 Å². The summed E-state index contributed by atoms with van der Waals surface area (Å²) in [5.41, 5.74) is 0. The molecule has 0 atom stereocenters. The third-order valence-corrected chi connectivity index (χ3v) is 1.01. The van der Waals surface area contributed by atoms with Gasteiger partial charge in [-0.3, -0.25) is 0 Å². The molecule has 0 aromatic heterocycles. The fourth-order valence-electron chi connectivity index (χ4n) is 0. The van der Waals surface area contributed by atoms with Crippen LogP contribution in [0.4, 0.5) is 0 Å². The van der Waals surface area contributed by atoms with Crippen LogP contribution in [0.5, 0.6) is 0 Å². The lowest BCUT2D eigenvalue weighted by Crippen LogP contribution is -1.98. The SMILES string of the molecule is C[N+](C)=C(Cl)Cl.Cl.N. The first-order valence-corrected chi connectivity index (χ1v) is 2.25. The molecule has 5 heteroatoms. The van der Waals surface area contributed by atoms with Crippen LogP contribution < -0.4 is 6.15 Å². The second-order valence-electron chi connectivity index (χ2n) is 1.13. The first kappa shape index (κ1) is 15.8. The van der Waals surface area contributed by atoms with Crippen LogP contribution in [0, 0.1) is 0 Å². The zero-order valence-corrected chi connectivity index (χ0v) is 7.15. The van der Waals surface area contributed by atoms with E-state index in [0.29, 0.717) is 0 Å². The van der Waals surface area contributed by atoms with Crippen LogP contribution in [-0.2, 0) is 0 Å². The summed E-state index contributed by atoms with van der Waals surface area (Å²) in [6.07, 6.45) is 0. The summed E-state index contributed by atoms with van der Waals surface area (Å²) in [6.45, 7) is 0. The summed E-state index contributed by atoms with van der Waals surface area (Å²) in [4.78, 5) is 0. The van der Waals surface area contributed by atoms with Crippen LogP contribution in [0.25, 0.3) is 0 Å². The van der Waals surface area contributed by atoms with E-state index in [-0.39, 0.29) is 23.2 Å². The van der Waals surface area contributed by atoms with E-state index in [4.69, 9.17) is 23.2 Å². The normalized spacial score (nSPS) is 6.00. The van der Waals surface area contributed by atoms with Gasteiger partial charge in [0, 0.05) is 23.2 Å². The molecule has 0 aromatic carbocycles. The minimum Gasteiger partial charge on any atom is -0.344 e. The Morgan fingerprint density at radius 2 is 1.38 bits per heavy atom. The van der Waals surface area contributed by atoms with Gasteiger partial charge in [0.15, 0.2) is 0 Å². The van der Waals surface area contributed by atoms with Crippen LogP contribution in [0.1, 0.15) is 0 Å². The van der Waals surface area contributed by atoms with Crippen molar-refractivity contribution in [1.82, 2.24) is 6.15 Å². The maximum atomic E-state index is 5.22. The molecule has 0 heterocycles. The molecule has 0 radical (unpaired) electrons. The van der Waals surface area contributed by atoms with Gasteiger partial charge in [0.05, 0.1) is 0 Å². The molecule has 52 valence electrons. The third kappa shape index (κ3) is 9.71. The van der Waals surface area contributed by atoms with Crippen molar-refractivity contribution in [3.05, 3.63) is 0 Å². The molecule has 0 aliphatic heterocycles. The largest absolute Gasteiger partial charge is 0.344 e. The number of halogens is 3. The van der Waals surface area contributed by atoms with E-state index in [1.165, 1.54) is 0 Å². The van der Waals surface area contributed by atoms with Gasteiger partial charge < -0.3 is 6.15 Å². The molecule has 0 aliphatic rings. The Balaban J connectivity index is -0.000000125. The fourth-order valence-corrected chi connectivity index (χ4v) is 0. The molecule has 0 saturated carbocycles. The highest BCUT2D eigenvalue weighted by atomic mass is 35.5. The predicted octanol–water partition coefficient (Wildman–Crippen LogP) is 1.68. The van der Waals surface area contributed by atoms with Crippen LogP contribution in [0.15, 0.2) is 0 Å². The van der Waals surface area contributed by atoms with Crippen molar-refractivity contribution in [2.75, 3.05) is 14.1 Å². The summed E-state index contributed by atoms with van der Waals surface area (Å²) in [5.74, 6) is 0. The molecule has 0 spiro atoms. The van der Waals surface area contributed by atoms with Crippen LogP contribution in [0.2, 0.25) is 0 Å². The minimum absolute atomic E-state index is 0. The lowest BCUT2D eigenvalue weighted by Gasteiger charge is -1.77. The van der Waals surface area contributed by atoms with Crippen LogP contribution >= 0.6 is 35.6 Å². The standard InChI is InChI=1S/C3H6Cl2N.ClH.H3N/c1-6(2)3(4)5;;/h1-2H3;1H;1H3/q+1;;. The molecule has 0 aromatic rings. The molecular formula is C3H10Cl3N2+. The second kappa shape index (κ2) is 7.50. The first-order chi connectivity index (χ1) is 2.64. The van der Waals surface area contributed by atoms with Gasteiger partial charge in [-0.25, -0.2) is 4.58 Å².